The number of halogens is 1. The molecule has 0 aliphatic rings. The van der Waals surface area contributed by atoms with Crippen LogP contribution >= 0.6 is 11.6 Å². The van der Waals surface area contributed by atoms with Crippen molar-refractivity contribution in [3.63, 3.8) is 0 Å². The van der Waals surface area contributed by atoms with E-state index in [1.165, 1.54) is 0 Å². The van der Waals surface area contributed by atoms with Gasteiger partial charge in [0.25, 0.3) is 0 Å². The standard InChI is InChI=1S/C15H24ClNO2S/c1-10(2)14(18)13(17-20(19)15(3,4)5)11-6-8-12(16)9-7-11/h6-10,13-14,17-18H,1-5H3/t13-,14+,20?/m0/s1. The highest BCUT2D eigenvalue weighted by atomic mass is 35.5. The van der Waals surface area contributed by atoms with Crippen LogP contribution in [-0.2, 0) is 11.0 Å². The van der Waals surface area contributed by atoms with E-state index in [1.54, 1.807) is 12.1 Å². The number of rotatable bonds is 5. The Labute approximate surface area is 129 Å². The van der Waals surface area contributed by atoms with Gasteiger partial charge in [-0.15, -0.1) is 0 Å². The van der Waals surface area contributed by atoms with Crippen LogP contribution in [0.25, 0.3) is 0 Å². The van der Waals surface area contributed by atoms with Crippen LogP contribution in [0.15, 0.2) is 24.3 Å². The van der Waals surface area contributed by atoms with E-state index in [0.29, 0.717) is 5.02 Å². The maximum absolute atomic E-state index is 12.3. The van der Waals surface area contributed by atoms with Gasteiger partial charge in [0, 0.05) is 5.02 Å². The molecule has 0 amide bonds. The van der Waals surface area contributed by atoms with Gasteiger partial charge in [-0.3, -0.25) is 0 Å². The fourth-order valence-corrected chi connectivity index (χ4v) is 2.67. The minimum atomic E-state index is -1.25. The molecule has 0 radical (unpaired) electrons. The first-order valence-corrected chi connectivity index (χ1v) is 8.27. The molecule has 20 heavy (non-hydrogen) atoms. The zero-order chi connectivity index (χ0) is 15.5. The maximum Gasteiger partial charge on any atom is 0.0976 e. The molecule has 2 N–H and O–H groups in total. The van der Waals surface area contributed by atoms with Crippen LogP contribution in [0.4, 0.5) is 0 Å². The molecular weight excluding hydrogens is 294 g/mol. The van der Waals surface area contributed by atoms with E-state index >= 15 is 0 Å². The third kappa shape index (κ3) is 4.85. The summed E-state index contributed by atoms with van der Waals surface area (Å²) < 4.78 is 15.0. The summed E-state index contributed by atoms with van der Waals surface area (Å²) in [6.45, 7) is 9.58. The molecule has 1 rings (SSSR count). The van der Waals surface area contributed by atoms with Crippen molar-refractivity contribution < 1.29 is 9.32 Å². The van der Waals surface area contributed by atoms with Gasteiger partial charge in [-0.05, 0) is 44.4 Å². The zero-order valence-corrected chi connectivity index (χ0v) is 14.3. The van der Waals surface area contributed by atoms with Gasteiger partial charge in [-0.2, -0.15) is 0 Å². The van der Waals surface area contributed by atoms with Gasteiger partial charge in [-0.1, -0.05) is 37.6 Å². The van der Waals surface area contributed by atoms with E-state index < -0.39 is 17.1 Å². The monoisotopic (exact) mass is 317 g/mol. The largest absolute Gasteiger partial charge is 0.391 e. The Morgan fingerprint density at radius 2 is 1.70 bits per heavy atom. The van der Waals surface area contributed by atoms with Crippen molar-refractivity contribution in [1.29, 1.82) is 0 Å². The lowest BCUT2D eigenvalue weighted by Gasteiger charge is -2.30. The van der Waals surface area contributed by atoms with Crippen molar-refractivity contribution in [3.8, 4) is 0 Å². The van der Waals surface area contributed by atoms with E-state index in [0.717, 1.165) is 5.56 Å². The summed E-state index contributed by atoms with van der Waals surface area (Å²) >= 11 is 5.89. The van der Waals surface area contributed by atoms with Crippen LogP contribution in [-0.4, -0.2) is 20.2 Å². The summed E-state index contributed by atoms with van der Waals surface area (Å²) in [4.78, 5) is 0. The molecule has 0 heterocycles. The number of aliphatic hydroxyl groups is 1. The summed E-state index contributed by atoms with van der Waals surface area (Å²) in [6, 6.07) is 6.88. The number of benzene rings is 1. The van der Waals surface area contributed by atoms with Crippen molar-refractivity contribution in [2.45, 2.75) is 51.5 Å². The van der Waals surface area contributed by atoms with Crippen LogP contribution in [0.5, 0.6) is 0 Å². The van der Waals surface area contributed by atoms with Gasteiger partial charge in [0.15, 0.2) is 0 Å². The van der Waals surface area contributed by atoms with Crippen molar-refractivity contribution in [2.75, 3.05) is 0 Å². The number of aliphatic hydroxyl groups excluding tert-OH is 1. The first-order chi connectivity index (χ1) is 9.12. The van der Waals surface area contributed by atoms with Gasteiger partial charge < -0.3 is 5.11 Å². The van der Waals surface area contributed by atoms with Crippen LogP contribution in [0.2, 0.25) is 5.02 Å². The second-order valence-electron chi connectivity index (χ2n) is 6.26. The first-order valence-electron chi connectivity index (χ1n) is 6.74. The third-order valence-corrected chi connectivity index (χ3v) is 4.88. The van der Waals surface area contributed by atoms with E-state index in [9.17, 15) is 9.32 Å². The fourth-order valence-electron chi connectivity index (χ4n) is 1.68. The molecule has 3 atom stereocenters. The Hall–Kier alpha value is -0.420. The normalized spacial score (nSPS) is 17.0. The zero-order valence-electron chi connectivity index (χ0n) is 12.7. The molecule has 1 aromatic carbocycles. The molecule has 3 nitrogen and oxygen atoms in total. The molecule has 5 heteroatoms. The van der Waals surface area contributed by atoms with Crippen LogP contribution in [0.3, 0.4) is 0 Å². The SMILES string of the molecule is CC(C)[C@@H](O)[C@@H](NS(=O)C(C)(C)C)c1ccc(Cl)cc1. The quantitative estimate of drug-likeness (QED) is 0.874. The molecule has 114 valence electrons. The van der Waals surface area contributed by atoms with Crippen LogP contribution < -0.4 is 4.72 Å². The van der Waals surface area contributed by atoms with E-state index in [-0.39, 0.29) is 16.7 Å². The molecular formula is C15H24ClNO2S. The maximum atomic E-state index is 12.3. The molecule has 0 bridgehead atoms. The minimum absolute atomic E-state index is 0.0557. The van der Waals surface area contributed by atoms with E-state index in [4.69, 9.17) is 11.6 Å². The third-order valence-electron chi connectivity index (χ3n) is 3.04. The predicted molar refractivity (Wildman–Crippen MR) is 86.1 cm³/mol. The highest BCUT2D eigenvalue weighted by molar-refractivity contribution is 7.84. The van der Waals surface area contributed by atoms with Crippen LogP contribution in [0, 0.1) is 5.92 Å². The van der Waals surface area contributed by atoms with E-state index in [1.807, 2.05) is 46.8 Å². The van der Waals surface area contributed by atoms with Crippen molar-refractivity contribution in [1.82, 2.24) is 4.72 Å². The Kier molecular flexibility index (Phi) is 6.20. The highest BCUT2D eigenvalue weighted by Crippen LogP contribution is 2.25. The summed E-state index contributed by atoms with van der Waals surface area (Å²) in [5, 5.41) is 11.0. The highest BCUT2D eigenvalue weighted by Gasteiger charge is 2.29. The average Bonchev–Trinajstić information content (AvgIpc) is 2.34. The lowest BCUT2D eigenvalue weighted by Crippen LogP contribution is -2.41. The van der Waals surface area contributed by atoms with Crippen molar-refractivity contribution in [3.05, 3.63) is 34.9 Å². The molecule has 0 spiro atoms. The van der Waals surface area contributed by atoms with Gasteiger partial charge >= 0.3 is 0 Å². The van der Waals surface area contributed by atoms with Crippen LogP contribution in [0.1, 0.15) is 46.2 Å². The molecule has 0 aliphatic carbocycles. The number of hydrogen-bond acceptors (Lipinski definition) is 2. The van der Waals surface area contributed by atoms with Gasteiger partial charge in [0.05, 0.1) is 27.9 Å². The van der Waals surface area contributed by atoms with Crippen molar-refractivity contribution >= 4 is 22.6 Å². The lowest BCUT2D eigenvalue weighted by atomic mass is 9.94. The Balaban J connectivity index is 3.03. The smallest absolute Gasteiger partial charge is 0.0976 e. The number of hydrogen-bond donors (Lipinski definition) is 2. The van der Waals surface area contributed by atoms with Gasteiger partial charge in [0.1, 0.15) is 0 Å². The summed E-state index contributed by atoms with van der Waals surface area (Å²) in [6.07, 6.45) is -0.623. The Bertz CT molecular complexity index is 454. The molecule has 1 unspecified atom stereocenters. The molecule has 0 fully saturated rings. The second-order valence-corrected chi connectivity index (χ2v) is 8.70. The Morgan fingerprint density at radius 3 is 2.10 bits per heavy atom. The molecule has 0 saturated carbocycles. The molecule has 1 aromatic rings. The van der Waals surface area contributed by atoms with Gasteiger partial charge in [-0.25, -0.2) is 8.93 Å². The summed E-state index contributed by atoms with van der Waals surface area (Å²) in [7, 11) is -1.25. The van der Waals surface area contributed by atoms with Crippen molar-refractivity contribution in [2.24, 2.45) is 5.92 Å². The predicted octanol–water partition coefficient (Wildman–Crippen LogP) is 3.45. The molecule has 0 aliphatic heterocycles. The van der Waals surface area contributed by atoms with E-state index in [2.05, 4.69) is 4.72 Å². The van der Waals surface area contributed by atoms with Gasteiger partial charge in [0.2, 0.25) is 0 Å². The molecule has 0 aromatic heterocycles. The topological polar surface area (TPSA) is 49.3 Å². The second kappa shape index (κ2) is 7.03. The molecule has 0 saturated heterocycles. The summed E-state index contributed by atoms with van der Waals surface area (Å²) in [5.74, 6) is 0.0557. The average molecular weight is 318 g/mol. The first kappa shape index (κ1) is 17.6. The number of nitrogens with one attached hydrogen (secondary N) is 1. The summed E-state index contributed by atoms with van der Waals surface area (Å²) in [5.41, 5.74) is 0.883. The Morgan fingerprint density at radius 1 is 1.20 bits per heavy atom. The lowest BCUT2D eigenvalue weighted by molar-refractivity contribution is 0.0922. The fraction of sp³-hybridized carbons (Fsp3) is 0.600. The minimum Gasteiger partial charge on any atom is -0.391 e.